The molecule has 0 spiro atoms. The first-order valence-corrected chi connectivity index (χ1v) is 7.08. The van der Waals surface area contributed by atoms with E-state index in [9.17, 15) is 87.6 Å². The van der Waals surface area contributed by atoms with Gasteiger partial charge in [0.2, 0.25) is 0 Å². The fourth-order valence-corrected chi connectivity index (χ4v) is 1.75. The molecule has 30 heavy (non-hydrogen) atoms. The largest absolute Gasteiger partial charge is 1.00 e. The monoisotopic (exact) mass is 538 g/mol. The molecule has 0 saturated carbocycles. The van der Waals surface area contributed by atoms with Crippen molar-refractivity contribution in [2.24, 2.45) is 0 Å². The molecule has 0 bridgehead atoms. The maximum Gasteiger partial charge on any atom is 1.00 e. The van der Waals surface area contributed by atoms with Crippen LogP contribution in [-0.4, -0.2) is 59.9 Å². The van der Waals surface area contributed by atoms with Gasteiger partial charge in [0.05, 0.1) is 0 Å². The molecule has 0 aromatic carbocycles. The van der Waals surface area contributed by atoms with Gasteiger partial charge >= 0.3 is 98.4 Å². The van der Waals surface area contributed by atoms with Gasteiger partial charge in [-0.2, -0.15) is 74.6 Å². The van der Waals surface area contributed by atoms with Crippen molar-refractivity contribution >= 4 is 10.1 Å². The fourth-order valence-electron chi connectivity index (χ4n) is 1.31. The molecule has 0 atom stereocenters. The van der Waals surface area contributed by atoms with Crippen molar-refractivity contribution in [2.75, 3.05) is 0 Å². The predicted octanol–water partition coefficient (Wildman–Crippen LogP) is 1.50. The molecule has 0 amide bonds. The number of rotatable bonds is 7. The van der Waals surface area contributed by atoms with Crippen molar-refractivity contribution in [3.05, 3.63) is 0 Å². The summed E-state index contributed by atoms with van der Waals surface area (Å²) in [5, 5.41) is -7.95. The number of alkyl halides is 17. The molecule has 3 nitrogen and oxygen atoms in total. The van der Waals surface area contributed by atoms with Crippen LogP contribution >= 0.6 is 0 Å². The van der Waals surface area contributed by atoms with Crippen LogP contribution in [0.25, 0.3) is 0 Å². The maximum atomic E-state index is 13.0. The van der Waals surface area contributed by atoms with Crippen LogP contribution in [0.3, 0.4) is 0 Å². The second-order valence-electron chi connectivity index (χ2n) is 4.92. The van der Waals surface area contributed by atoms with E-state index in [1.807, 2.05) is 0 Å². The third-order valence-corrected chi connectivity index (χ3v) is 3.89. The van der Waals surface area contributed by atoms with Crippen molar-refractivity contribution in [1.29, 1.82) is 0 Å². The standard InChI is InChI=1S/C8HF17O3S.K/c9-1(10,3(13,14)5(17,18)7(21,22)23)2(11,12)4(15,16)6(19,20)8(24,25)29(26,27)28;/h(H,26,27,28);/q;+1/p-1. The van der Waals surface area contributed by atoms with Gasteiger partial charge in [-0.3, -0.25) is 0 Å². The summed E-state index contributed by atoms with van der Waals surface area (Å²) in [6, 6.07) is 0. The fraction of sp³-hybridized carbons (Fsp3) is 1.00. The summed E-state index contributed by atoms with van der Waals surface area (Å²) in [4.78, 5) is 0. The van der Waals surface area contributed by atoms with E-state index in [1.54, 1.807) is 0 Å². The minimum atomic E-state index is -8.92. The van der Waals surface area contributed by atoms with E-state index >= 15 is 0 Å². The van der Waals surface area contributed by atoms with E-state index in [0.717, 1.165) is 0 Å². The Morgan fingerprint density at radius 1 is 0.433 bits per heavy atom. The molecule has 0 aliphatic rings. The van der Waals surface area contributed by atoms with Crippen LogP contribution in [-0.2, 0) is 10.1 Å². The normalized spacial score (nSPS) is 16.3. The average Bonchev–Trinajstić information content (AvgIpc) is 2.43. The van der Waals surface area contributed by atoms with E-state index in [0.29, 0.717) is 0 Å². The molecule has 176 valence electrons. The summed E-state index contributed by atoms with van der Waals surface area (Å²) in [5.41, 5.74) is 0. The molecule has 0 rings (SSSR count). The van der Waals surface area contributed by atoms with Gasteiger partial charge in [0.25, 0.3) is 0 Å². The molecule has 0 heterocycles. The maximum absolute atomic E-state index is 13.0. The summed E-state index contributed by atoms with van der Waals surface area (Å²) < 4.78 is 244. The molecule has 22 heteroatoms. The van der Waals surface area contributed by atoms with Gasteiger partial charge in [-0.05, 0) is 0 Å². The third kappa shape index (κ3) is 4.05. The first kappa shape index (κ1) is 32.5. The van der Waals surface area contributed by atoms with Crippen molar-refractivity contribution in [1.82, 2.24) is 0 Å². The first-order chi connectivity index (χ1) is 12.0. The predicted molar refractivity (Wildman–Crippen MR) is 50.4 cm³/mol. The second kappa shape index (κ2) is 7.99. The van der Waals surface area contributed by atoms with Crippen molar-refractivity contribution in [3.63, 3.8) is 0 Å². The van der Waals surface area contributed by atoms with Crippen LogP contribution in [0, 0.1) is 0 Å². The number of hydrogen-bond acceptors (Lipinski definition) is 3. The summed E-state index contributed by atoms with van der Waals surface area (Å²) >= 11 is 0. The minimum Gasteiger partial charge on any atom is -0.743 e. The summed E-state index contributed by atoms with van der Waals surface area (Å²) in [5.74, 6) is -52.1. The Morgan fingerprint density at radius 2 is 0.633 bits per heavy atom. The van der Waals surface area contributed by atoms with Gasteiger partial charge < -0.3 is 4.55 Å². The Hall–Kier alpha value is 0.356. The van der Waals surface area contributed by atoms with E-state index in [4.69, 9.17) is 0 Å². The summed E-state index contributed by atoms with van der Waals surface area (Å²) in [7, 11) is -8.14. The smallest absolute Gasteiger partial charge is 0.743 e. The first-order valence-electron chi connectivity index (χ1n) is 5.67. The van der Waals surface area contributed by atoms with E-state index in [2.05, 4.69) is 0 Å². The Bertz CT molecular complexity index is 739. The van der Waals surface area contributed by atoms with Crippen molar-refractivity contribution < 1.29 is 139 Å². The van der Waals surface area contributed by atoms with Crippen molar-refractivity contribution in [2.45, 2.75) is 47.0 Å². The SMILES string of the molecule is O=S(=O)([O-])C(F)(F)C(F)(F)C(F)(F)C(F)(F)C(F)(F)C(F)(F)C(F)(F)C(F)(F)F.[K+]. The van der Waals surface area contributed by atoms with Gasteiger partial charge in [-0.25, -0.2) is 8.42 Å². The molecule has 0 saturated heterocycles. The molecule has 0 aromatic heterocycles. The van der Waals surface area contributed by atoms with Crippen LogP contribution in [0.5, 0.6) is 0 Å². The number of halogens is 17. The van der Waals surface area contributed by atoms with Crippen LogP contribution in [0.1, 0.15) is 0 Å². The topological polar surface area (TPSA) is 57.2 Å². The van der Waals surface area contributed by atoms with Crippen molar-refractivity contribution in [3.8, 4) is 0 Å². The molecule has 0 aliphatic heterocycles. The molecule has 0 N–H and O–H groups in total. The van der Waals surface area contributed by atoms with Crippen LogP contribution in [0.4, 0.5) is 74.6 Å². The minimum absolute atomic E-state index is 0. The summed E-state index contributed by atoms with van der Waals surface area (Å²) in [6.07, 6.45) is -7.89. The zero-order valence-electron chi connectivity index (χ0n) is 13.1. The summed E-state index contributed by atoms with van der Waals surface area (Å²) in [6.45, 7) is 0. The van der Waals surface area contributed by atoms with Crippen LogP contribution < -0.4 is 51.4 Å². The zero-order chi connectivity index (χ0) is 24.5. The number of hydrogen-bond donors (Lipinski definition) is 0. The van der Waals surface area contributed by atoms with E-state index in [1.165, 1.54) is 0 Å². The van der Waals surface area contributed by atoms with E-state index < -0.39 is 57.1 Å². The molecule has 0 aliphatic carbocycles. The van der Waals surface area contributed by atoms with Crippen LogP contribution in [0.15, 0.2) is 0 Å². The Morgan fingerprint density at radius 3 is 0.833 bits per heavy atom. The zero-order valence-corrected chi connectivity index (χ0v) is 17.0. The van der Waals surface area contributed by atoms with Gasteiger partial charge in [0, 0.05) is 0 Å². The Labute approximate surface area is 195 Å². The third-order valence-electron chi connectivity index (χ3n) is 3.01. The molecule has 0 aromatic rings. The molecule has 0 unspecified atom stereocenters. The van der Waals surface area contributed by atoms with Crippen LogP contribution in [0.2, 0.25) is 0 Å². The van der Waals surface area contributed by atoms with Gasteiger partial charge in [0.1, 0.15) is 0 Å². The quantitative estimate of drug-likeness (QED) is 0.281. The molecule has 0 radical (unpaired) electrons. The Kier molecular flexibility index (Phi) is 8.66. The molecular formula is C8F17KO3S. The van der Waals surface area contributed by atoms with Gasteiger partial charge in [0.15, 0.2) is 10.1 Å². The molecule has 0 fully saturated rings. The molecular weight excluding hydrogens is 538 g/mol. The Balaban J connectivity index is 0. The van der Waals surface area contributed by atoms with Gasteiger partial charge in [-0.1, -0.05) is 0 Å². The van der Waals surface area contributed by atoms with Gasteiger partial charge in [-0.15, -0.1) is 0 Å². The van der Waals surface area contributed by atoms with E-state index in [-0.39, 0.29) is 51.4 Å². The average molecular weight is 538 g/mol. The second-order valence-corrected chi connectivity index (χ2v) is 6.34.